The molecule has 1 fully saturated rings. The van der Waals surface area contributed by atoms with Gasteiger partial charge >= 0.3 is 0 Å². The minimum absolute atomic E-state index is 0.0333. The van der Waals surface area contributed by atoms with Crippen LogP contribution in [-0.4, -0.2) is 28.8 Å². The zero-order chi connectivity index (χ0) is 26.2. The molecule has 1 N–H and O–H groups in total. The van der Waals surface area contributed by atoms with Crippen molar-refractivity contribution in [3.63, 3.8) is 0 Å². The first-order chi connectivity index (χ1) is 17.9. The van der Waals surface area contributed by atoms with E-state index in [1.54, 1.807) is 18.2 Å². The third kappa shape index (κ3) is 7.16. The lowest BCUT2D eigenvalue weighted by Crippen LogP contribution is -2.53. The molecule has 4 nitrogen and oxygen atoms in total. The molecule has 3 aromatic rings. The molecule has 7 heteroatoms. The zero-order valence-electron chi connectivity index (χ0n) is 20.6. The summed E-state index contributed by atoms with van der Waals surface area (Å²) in [5.74, 6) is -1.87. The van der Waals surface area contributed by atoms with Gasteiger partial charge in [-0.15, -0.1) is 0 Å². The summed E-state index contributed by atoms with van der Waals surface area (Å²) in [6.07, 6.45) is 4.88. The van der Waals surface area contributed by atoms with Crippen LogP contribution in [0.5, 0.6) is 0 Å². The largest absolute Gasteiger partial charge is 0.352 e. The van der Waals surface area contributed by atoms with E-state index in [0.717, 1.165) is 37.7 Å². The van der Waals surface area contributed by atoms with Gasteiger partial charge in [-0.25, -0.2) is 8.78 Å². The molecule has 1 atom stereocenters. The lowest BCUT2D eigenvalue weighted by molar-refractivity contribution is -0.141. The highest BCUT2D eigenvalue weighted by Crippen LogP contribution is 2.24. The smallest absolute Gasteiger partial charge is 0.243 e. The number of amides is 2. The molecule has 1 saturated carbocycles. The van der Waals surface area contributed by atoms with E-state index in [-0.39, 0.29) is 47.5 Å². The van der Waals surface area contributed by atoms with E-state index in [4.69, 9.17) is 11.6 Å². The van der Waals surface area contributed by atoms with Crippen molar-refractivity contribution in [3.8, 4) is 0 Å². The number of hydrogen-bond donors (Lipinski definition) is 1. The molecule has 3 aromatic carbocycles. The molecule has 2 amide bonds. The van der Waals surface area contributed by atoms with E-state index in [9.17, 15) is 18.4 Å². The summed E-state index contributed by atoms with van der Waals surface area (Å²) in [5.41, 5.74) is 1.19. The van der Waals surface area contributed by atoms with E-state index in [2.05, 4.69) is 5.32 Å². The number of halogens is 3. The molecule has 0 bridgehead atoms. The van der Waals surface area contributed by atoms with Crippen LogP contribution in [0.1, 0.15) is 48.8 Å². The van der Waals surface area contributed by atoms with Gasteiger partial charge in [-0.1, -0.05) is 85.5 Å². The van der Waals surface area contributed by atoms with Gasteiger partial charge in [0.15, 0.2) is 0 Å². The topological polar surface area (TPSA) is 49.4 Å². The van der Waals surface area contributed by atoms with Crippen molar-refractivity contribution in [1.29, 1.82) is 0 Å². The number of nitrogens with zero attached hydrogens (tertiary/aromatic N) is 1. The molecule has 0 spiro atoms. The lowest BCUT2D eigenvalue weighted by atomic mass is 9.94. The molecule has 0 radical (unpaired) electrons. The molecule has 1 aliphatic carbocycles. The second kappa shape index (κ2) is 12.8. The number of nitrogens with one attached hydrogen (secondary N) is 1. The summed E-state index contributed by atoms with van der Waals surface area (Å²) >= 11 is 6.21. The van der Waals surface area contributed by atoms with Crippen molar-refractivity contribution >= 4 is 23.4 Å². The number of carbonyl (C=O) groups excluding carboxylic acids is 2. The fourth-order valence-electron chi connectivity index (χ4n) is 4.86. The van der Waals surface area contributed by atoms with Gasteiger partial charge in [0.05, 0.1) is 6.42 Å². The van der Waals surface area contributed by atoms with Crippen LogP contribution in [-0.2, 0) is 29.0 Å². The molecule has 194 valence electrons. The van der Waals surface area contributed by atoms with E-state index in [1.165, 1.54) is 29.2 Å². The molecular formula is C30H31ClF2N2O2. The van der Waals surface area contributed by atoms with Gasteiger partial charge in [0.1, 0.15) is 17.7 Å². The summed E-state index contributed by atoms with van der Waals surface area (Å²) < 4.78 is 29.3. The standard InChI is InChI=1S/C30H31ClF2N2O2/c31-25-15-9-17-27(33)24(25)19-29(36)35(20-22-12-7-8-16-26(22)32)28(18-21-10-3-1-4-11-21)30(37)34-23-13-5-2-6-14-23/h1,3-4,7-12,15-17,23,28H,2,5-6,13-14,18-20H2,(H,34,37)/t28-/m0/s1. The van der Waals surface area contributed by atoms with Crippen LogP contribution in [0.3, 0.4) is 0 Å². The Kier molecular flexibility index (Phi) is 9.29. The number of rotatable bonds is 9. The normalized spacial score (nSPS) is 14.7. The summed E-state index contributed by atoms with van der Waals surface area (Å²) in [7, 11) is 0. The van der Waals surface area contributed by atoms with E-state index < -0.39 is 23.6 Å². The second-order valence-electron chi connectivity index (χ2n) is 9.54. The van der Waals surface area contributed by atoms with Crippen molar-refractivity contribution in [3.05, 3.63) is 106 Å². The fourth-order valence-corrected chi connectivity index (χ4v) is 5.09. The second-order valence-corrected chi connectivity index (χ2v) is 9.95. The number of carbonyl (C=O) groups is 2. The Hall–Kier alpha value is -3.25. The van der Waals surface area contributed by atoms with Gasteiger partial charge in [0, 0.05) is 35.2 Å². The molecular weight excluding hydrogens is 494 g/mol. The van der Waals surface area contributed by atoms with Crippen LogP contribution in [0.4, 0.5) is 8.78 Å². The van der Waals surface area contributed by atoms with Gasteiger partial charge < -0.3 is 10.2 Å². The van der Waals surface area contributed by atoms with E-state index in [0.29, 0.717) is 0 Å². The van der Waals surface area contributed by atoms with Crippen LogP contribution >= 0.6 is 11.6 Å². The maximum Gasteiger partial charge on any atom is 0.243 e. The highest BCUT2D eigenvalue weighted by molar-refractivity contribution is 6.31. The van der Waals surface area contributed by atoms with Crippen molar-refractivity contribution < 1.29 is 18.4 Å². The van der Waals surface area contributed by atoms with Gasteiger partial charge in [-0.05, 0) is 36.6 Å². The Bertz CT molecular complexity index is 1190. The average Bonchev–Trinajstić information content (AvgIpc) is 2.90. The predicted molar refractivity (Wildman–Crippen MR) is 141 cm³/mol. The minimum Gasteiger partial charge on any atom is -0.352 e. The number of hydrogen-bond acceptors (Lipinski definition) is 2. The third-order valence-electron chi connectivity index (χ3n) is 6.91. The summed E-state index contributed by atoms with van der Waals surface area (Å²) in [5, 5.41) is 3.26. The molecule has 4 rings (SSSR count). The van der Waals surface area contributed by atoms with Gasteiger partial charge in [0.25, 0.3) is 0 Å². The monoisotopic (exact) mass is 524 g/mol. The predicted octanol–water partition coefficient (Wildman–Crippen LogP) is 6.25. The maximum absolute atomic E-state index is 14.7. The van der Waals surface area contributed by atoms with E-state index >= 15 is 0 Å². The Labute approximate surface area is 221 Å². The summed E-state index contributed by atoms with van der Waals surface area (Å²) in [6.45, 7) is -0.132. The van der Waals surface area contributed by atoms with Crippen LogP contribution in [0.25, 0.3) is 0 Å². The molecule has 1 aliphatic rings. The molecule has 0 heterocycles. The minimum atomic E-state index is -0.915. The van der Waals surface area contributed by atoms with Crippen molar-refractivity contribution in [1.82, 2.24) is 10.2 Å². The summed E-state index contributed by atoms with van der Waals surface area (Å²) in [4.78, 5) is 28.9. The molecule has 0 aliphatic heterocycles. The Balaban J connectivity index is 1.69. The van der Waals surface area contributed by atoms with Crippen LogP contribution in [0.2, 0.25) is 5.02 Å². The molecule has 0 saturated heterocycles. The van der Waals surface area contributed by atoms with Crippen molar-refractivity contribution in [2.24, 2.45) is 0 Å². The fraction of sp³-hybridized carbons (Fsp3) is 0.333. The number of benzene rings is 3. The SMILES string of the molecule is O=C(NC1CCCCC1)[C@H](Cc1ccccc1)N(Cc1ccccc1F)C(=O)Cc1c(F)cccc1Cl. The van der Waals surface area contributed by atoms with Gasteiger partial charge in [-0.2, -0.15) is 0 Å². The average molecular weight is 525 g/mol. The van der Waals surface area contributed by atoms with E-state index in [1.807, 2.05) is 30.3 Å². The van der Waals surface area contributed by atoms with Crippen LogP contribution in [0.15, 0.2) is 72.8 Å². The Morgan fingerprint density at radius 2 is 1.57 bits per heavy atom. The van der Waals surface area contributed by atoms with Gasteiger partial charge in [-0.3, -0.25) is 9.59 Å². The molecule has 37 heavy (non-hydrogen) atoms. The Morgan fingerprint density at radius 3 is 2.27 bits per heavy atom. The van der Waals surface area contributed by atoms with Crippen LogP contribution in [0, 0.1) is 11.6 Å². The lowest BCUT2D eigenvalue weighted by Gasteiger charge is -2.33. The Morgan fingerprint density at radius 1 is 0.892 bits per heavy atom. The van der Waals surface area contributed by atoms with Crippen LogP contribution < -0.4 is 5.32 Å². The zero-order valence-corrected chi connectivity index (χ0v) is 21.4. The quantitative estimate of drug-likeness (QED) is 0.360. The first kappa shape index (κ1) is 26.8. The molecule has 0 unspecified atom stereocenters. The third-order valence-corrected chi connectivity index (χ3v) is 7.26. The maximum atomic E-state index is 14.7. The molecule has 0 aromatic heterocycles. The van der Waals surface area contributed by atoms with Crippen molar-refractivity contribution in [2.75, 3.05) is 0 Å². The highest BCUT2D eigenvalue weighted by atomic mass is 35.5. The highest BCUT2D eigenvalue weighted by Gasteiger charge is 2.33. The summed E-state index contributed by atoms with van der Waals surface area (Å²) in [6, 6.07) is 18.9. The first-order valence-electron chi connectivity index (χ1n) is 12.7. The first-order valence-corrected chi connectivity index (χ1v) is 13.1. The van der Waals surface area contributed by atoms with Gasteiger partial charge in [0.2, 0.25) is 11.8 Å². The van der Waals surface area contributed by atoms with Crippen molar-refractivity contribution in [2.45, 2.75) is 63.6 Å².